The van der Waals surface area contributed by atoms with E-state index in [-0.39, 0.29) is 6.04 Å². The fourth-order valence-electron chi connectivity index (χ4n) is 3.16. The molecule has 1 aliphatic rings. The minimum absolute atomic E-state index is 0.113. The summed E-state index contributed by atoms with van der Waals surface area (Å²) in [5.74, 6) is 0. The molecule has 2 unspecified atom stereocenters. The molecule has 0 amide bonds. The Morgan fingerprint density at radius 3 is 2.25 bits per heavy atom. The molecule has 0 bridgehead atoms. The molecule has 1 aliphatic carbocycles. The molecule has 0 spiro atoms. The lowest BCUT2D eigenvalue weighted by Gasteiger charge is -2.35. The van der Waals surface area contributed by atoms with E-state index in [0.29, 0.717) is 6.42 Å². The van der Waals surface area contributed by atoms with Gasteiger partial charge in [-0.1, -0.05) is 54.6 Å². The minimum atomic E-state index is -0.743. The number of benzene rings is 2. The van der Waals surface area contributed by atoms with Gasteiger partial charge in [0.15, 0.2) is 0 Å². The Hall–Kier alpha value is -1.64. The zero-order valence-corrected chi connectivity index (χ0v) is 11.6. The van der Waals surface area contributed by atoms with Gasteiger partial charge in [-0.2, -0.15) is 0 Å². The molecule has 0 heterocycles. The molecule has 0 aliphatic heterocycles. The molecule has 1 saturated carbocycles. The van der Waals surface area contributed by atoms with E-state index >= 15 is 0 Å². The first-order valence-corrected chi connectivity index (χ1v) is 7.31. The standard InChI is InChI=1S/C18H21NO/c19-17-7-4-12-18(20,13-17)16-10-8-15(9-11-16)14-5-2-1-3-6-14/h1-3,5-6,8-11,17,20H,4,7,12-13,19H2. The van der Waals surface area contributed by atoms with Gasteiger partial charge in [0.2, 0.25) is 0 Å². The van der Waals surface area contributed by atoms with E-state index in [1.54, 1.807) is 0 Å². The predicted molar refractivity (Wildman–Crippen MR) is 82.2 cm³/mol. The van der Waals surface area contributed by atoms with Crippen molar-refractivity contribution in [2.24, 2.45) is 5.73 Å². The molecule has 2 heteroatoms. The van der Waals surface area contributed by atoms with E-state index in [0.717, 1.165) is 24.8 Å². The molecule has 0 radical (unpaired) electrons. The molecule has 1 fully saturated rings. The van der Waals surface area contributed by atoms with Crippen LogP contribution in [0.2, 0.25) is 0 Å². The van der Waals surface area contributed by atoms with Gasteiger partial charge in [-0.25, -0.2) is 0 Å². The Labute approximate surface area is 120 Å². The Balaban J connectivity index is 1.86. The molecule has 0 saturated heterocycles. The van der Waals surface area contributed by atoms with E-state index in [9.17, 15) is 5.11 Å². The van der Waals surface area contributed by atoms with E-state index in [2.05, 4.69) is 24.3 Å². The summed E-state index contributed by atoms with van der Waals surface area (Å²) in [6, 6.07) is 18.7. The first-order chi connectivity index (χ1) is 9.67. The quantitative estimate of drug-likeness (QED) is 0.875. The van der Waals surface area contributed by atoms with Crippen molar-refractivity contribution >= 4 is 0 Å². The molecule has 2 atom stereocenters. The zero-order chi connectivity index (χ0) is 14.0. The Kier molecular flexibility index (Phi) is 3.60. The lowest BCUT2D eigenvalue weighted by molar-refractivity contribution is -0.00715. The Morgan fingerprint density at radius 1 is 0.950 bits per heavy atom. The third-order valence-electron chi connectivity index (χ3n) is 4.29. The molecule has 3 N–H and O–H groups in total. The number of hydrogen-bond donors (Lipinski definition) is 2. The van der Waals surface area contributed by atoms with Crippen molar-refractivity contribution in [3.05, 3.63) is 60.2 Å². The molecule has 2 aromatic carbocycles. The fraction of sp³-hybridized carbons (Fsp3) is 0.333. The van der Waals surface area contributed by atoms with Gasteiger partial charge < -0.3 is 10.8 Å². The molecular formula is C18H21NO. The molecular weight excluding hydrogens is 246 g/mol. The molecule has 20 heavy (non-hydrogen) atoms. The normalized spacial score (nSPS) is 26.4. The maximum absolute atomic E-state index is 10.8. The van der Waals surface area contributed by atoms with Gasteiger partial charge in [0, 0.05) is 6.04 Å². The second-order valence-electron chi connectivity index (χ2n) is 5.83. The van der Waals surface area contributed by atoms with E-state index in [1.807, 2.05) is 30.3 Å². The molecule has 2 aromatic rings. The molecule has 0 aromatic heterocycles. The average Bonchev–Trinajstić information content (AvgIpc) is 2.48. The van der Waals surface area contributed by atoms with Gasteiger partial charge in [-0.3, -0.25) is 0 Å². The SMILES string of the molecule is NC1CCCC(O)(c2ccc(-c3ccccc3)cc2)C1. The third-order valence-corrected chi connectivity index (χ3v) is 4.29. The zero-order valence-electron chi connectivity index (χ0n) is 11.6. The van der Waals surface area contributed by atoms with Crippen LogP contribution in [0.5, 0.6) is 0 Å². The molecule has 104 valence electrons. The van der Waals surface area contributed by atoms with Crippen LogP contribution < -0.4 is 5.73 Å². The monoisotopic (exact) mass is 267 g/mol. The summed E-state index contributed by atoms with van der Waals surface area (Å²) in [6.07, 6.45) is 3.49. The van der Waals surface area contributed by atoms with Gasteiger partial charge in [-0.05, 0) is 42.4 Å². The van der Waals surface area contributed by atoms with Crippen LogP contribution >= 0.6 is 0 Å². The first kappa shape index (κ1) is 13.3. The van der Waals surface area contributed by atoms with Crippen LogP contribution in [0, 0.1) is 0 Å². The Bertz CT molecular complexity index is 564. The highest BCUT2D eigenvalue weighted by atomic mass is 16.3. The van der Waals surface area contributed by atoms with Crippen LogP contribution in [0.4, 0.5) is 0 Å². The van der Waals surface area contributed by atoms with Gasteiger partial charge >= 0.3 is 0 Å². The summed E-state index contributed by atoms with van der Waals surface area (Å²) in [4.78, 5) is 0. The smallest absolute Gasteiger partial charge is 0.0911 e. The fourth-order valence-corrected chi connectivity index (χ4v) is 3.16. The lowest BCUT2D eigenvalue weighted by Crippen LogP contribution is -2.39. The molecule has 2 nitrogen and oxygen atoms in total. The van der Waals surface area contributed by atoms with Gasteiger partial charge in [0.25, 0.3) is 0 Å². The van der Waals surface area contributed by atoms with Gasteiger partial charge in [-0.15, -0.1) is 0 Å². The largest absolute Gasteiger partial charge is 0.385 e. The number of rotatable bonds is 2. The van der Waals surface area contributed by atoms with E-state index in [1.165, 1.54) is 11.1 Å². The summed E-state index contributed by atoms with van der Waals surface area (Å²) in [6.45, 7) is 0. The summed E-state index contributed by atoms with van der Waals surface area (Å²) >= 11 is 0. The van der Waals surface area contributed by atoms with Gasteiger partial charge in [0.1, 0.15) is 0 Å². The van der Waals surface area contributed by atoms with Crippen LogP contribution in [0.25, 0.3) is 11.1 Å². The second-order valence-corrected chi connectivity index (χ2v) is 5.83. The van der Waals surface area contributed by atoms with Crippen molar-refractivity contribution in [2.75, 3.05) is 0 Å². The van der Waals surface area contributed by atoms with Crippen molar-refractivity contribution in [3.8, 4) is 11.1 Å². The first-order valence-electron chi connectivity index (χ1n) is 7.31. The highest BCUT2D eigenvalue weighted by Crippen LogP contribution is 2.37. The van der Waals surface area contributed by atoms with E-state index in [4.69, 9.17) is 5.73 Å². The average molecular weight is 267 g/mol. The van der Waals surface area contributed by atoms with E-state index < -0.39 is 5.60 Å². The highest BCUT2D eigenvalue weighted by Gasteiger charge is 2.34. The molecule has 3 rings (SSSR count). The maximum atomic E-state index is 10.8. The minimum Gasteiger partial charge on any atom is -0.385 e. The van der Waals surface area contributed by atoms with Crippen LogP contribution in [-0.2, 0) is 5.60 Å². The van der Waals surface area contributed by atoms with Crippen LogP contribution in [0.15, 0.2) is 54.6 Å². The highest BCUT2D eigenvalue weighted by molar-refractivity contribution is 5.63. The van der Waals surface area contributed by atoms with Crippen molar-refractivity contribution in [1.82, 2.24) is 0 Å². The van der Waals surface area contributed by atoms with Crippen LogP contribution in [0.1, 0.15) is 31.2 Å². The third kappa shape index (κ3) is 2.62. The predicted octanol–water partition coefficient (Wildman–Crippen LogP) is 3.44. The van der Waals surface area contributed by atoms with Crippen molar-refractivity contribution in [2.45, 2.75) is 37.3 Å². The van der Waals surface area contributed by atoms with Crippen LogP contribution in [0.3, 0.4) is 0 Å². The second kappa shape index (κ2) is 5.39. The maximum Gasteiger partial charge on any atom is 0.0911 e. The summed E-state index contributed by atoms with van der Waals surface area (Å²) in [5.41, 5.74) is 8.64. The number of aliphatic hydroxyl groups is 1. The summed E-state index contributed by atoms with van der Waals surface area (Å²) < 4.78 is 0. The topological polar surface area (TPSA) is 46.2 Å². The lowest BCUT2D eigenvalue weighted by atomic mass is 9.77. The summed E-state index contributed by atoms with van der Waals surface area (Å²) in [5, 5.41) is 10.8. The van der Waals surface area contributed by atoms with Crippen molar-refractivity contribution in [3.63, 3.8) is 0 Å². The Morgan fingerprint density at radius 2 is 1.60 bits per heavy atom. The number of nitrogens with two attached hydrogens (primary N) is 1. The van der Waals surface area contributed by atoms with Crippen molar-refractivity contribution < 1.29 is 5.11 Å². The van der Waals surface area contributed by atoms with Crippen molar-refractivity contribution in [1.29, 1.82) is 0 Å². The number of hydrogen-bond acceptors (Lipinski definition) is 2. The van der Waals surface area contributed by atoms with Gasteiger partial charge in [0.05, 0.1) is 5.60 Å². The summed E-state index contributed by atoms with van der Waals surface area (Å²) in [7, 11) is 0. The van der Waals surface area contributed by atoms with Crippen LogP contribution in [-0.4, -0.2) is 11.1 Å².